The predicted molar refractivity (Wildman–Crippen MR) is 170 cm³/mol. The van der Waals surface area contributed by atoms with E-state index in [1.165, 1.54) is 12.1 Å². The molecule has 226 valence electrons. The fourth-order valence-corrected chi connectivity index (χ4v) is 6.54. The molecule has 0 aliphatic carbocycles. The number of likely N-dealkylation sites (tertiary alicyclic amines) is 1. The normalized spacial score (nSPS) is 20.3. The highest BCUT2D eigenvalue weighted by molar-refractivity contribution is 7.59. The van der Waals surface area contributed by atoms with Gasteiger partial charge < -0.3 is 24.3 Å². The number of amides is 1. The van der Waals surface area contributed by atoms with Crippen molar-refractivity contribution in [3.63, 3.8) is 0 Å². The van der Waals surface area contributed by atoms with Gasteiger partial charge in [-0.3, -0.25) is 4.79 Å². The smallest absolute Gasteiger partial charge is 0.318 e. The summed E-state index contributed by atoms with van der Waals surface area (Å²) in [4.78, 5) is 30.8. The first-order chi connectivity index (χ1) is 20.5. The van der Waals surface area contributed by atoms with Crippen molar-refractivity contribution in [1.82, 2.24) is 19.8 Å². The summed E-state index contributed by atoms with van der Waals surface area (Å²) in [5.41, 5.74) is 2.91. The zero-order valence-electron chi connectivity index (χ0n) is 24.5. The van der Waals surface area contributed by atoms with Crippen molar-refractivity contribution in [2.45, 2.75) is 44.3 Å². The van der Waals surface area contributed by atoms with Gasteiger partial charge in [0, 0.05) is 54.2 Å². The van der Waals surface area contributed by atoms with Gasteiger partial charge in [0.2, 0.25) is 5.91 Å². The molecule has 2 atom stereocenters. The zero-order valence-corrected chi connectivity index (χ0v) is 25.5. The molecule has 3 aromatic rings. The lowest BCUT2D eigenvalue weighted by atomic mass is 10.0. The van der Waals surface area contributed by atoms with Crippen LogP contribution >= 0.6 is 13.5 Å². The maximum Gasteiger partial charge on any atom is 0.318 e. The third-order valence-corrected chi connectivity index (χ3v) is 8.85. The number of nitriles is 1. The number of benzene rings is 2. The van der Waals surface area contributed by atoms with Gasteiger partial charge >= 0.3 is 6.01 Å². The number of carbonyl (C=O) groups is 1. The first-order valence-electron chi connectivity index (χ1n) is 14.7. The molecule has 1 amide bonds. The van der Waals surface area contributed by atoms with E-state index in [2.05, 4.69) is 34.4 Å². The van der Waals surface area contributed by atoms with Crippen molar-refractivity contribution in [3.05, 3.63) is 66.1 Å². The lowest BCUT2D eigenvalue weighted by molar-refractivity contribution is -0.128. The minimum Gasteiger partial charge on any atom is -0.462 e. The van der Waals surface area contributed by atoms with Crippen LogP contribution in [-0.4, -0.2) is 84.1 Å². The molecule has 1 unspecified atom stereocenters. The van der Waals surface area contributed by atoms with Crippen molar-refractivity contribution in [3.8, 4) is 12.1 Å². The molecule has 6 rings (SSSR count). The highest BCUT2D eigenvalue weighted by atomic mass is 32.1. The Kier molecular flexibility index (Phi) is 9.37. The van der Waals surface area contributed by atoms with Gasteiger partial charge in [0.25, 0.3) is 0 Å². The molecule has 3 aliphatic heterocycles. The van der Waals surface area contributed by atoms with Crippen LogP contribution in [0.4, 0.5) is 15.9 Å². The van der Waals surface area contributed by atoms with Gasteiger partial charge in [0.05, 0.1) is 30.8 Å². The number of likely N-dealkylation sites (N-methyl/N-ethyl adjacent to an activating group) is 1. The zero-order chi connectivity index (χ0) is 29.2. The first kappa shape index (κ1) is 30.6. The number of halogens is 1. The molecule has 2 saturated heterocycles. The third kappa shape index (κ3) is 6.12. The standard InChI is InChI=1S/C32H36FN7O2.H2S/c1-3-30(41)40-18-17-39(19-22(40)12-14-34)31-26-13-16-38(29-11-10-27(33)24-8-4-5-9-25(24)29)20-28(26)35-32(36-31)42-21-23-7-6-15-37(23)2;/h3-5,8-11,22-23H,1,6-7,12-13,15-21H2,2H3;1H2/t22?,23-;/m0./s1. The van der Waals surface area contributed by atoms with E-state index in [9.17, 15) is 14.4 Å². The van der Waals surface area contributed by atoms with E-state index in [4.69, 9.17) is 14.7 Å². The molecule has 0 saturated carbocycles. The Hall–Kier alpha value is -3.88. The first-order valence-corrected chi connectivity index (χ1v) is 14.7. The van der Waals surface area contributed by atoms with Gasteiger partial charge in [-0.05, 0) is 51.1 Å². The van der Waals surface area contributed by atoms with Crippen LogP contribution in [0.3, 0.4) is 0 Å². The van der Waals surface area contributed by atoms with Gasteiger partial charge in [0.1, 0.15) is 18.2 Å². The predicted octanol–water partition coefficient (Wildman–Crippen LogP) is 4.03. The molecule has 9 nitrogen and oxygen atoms in total. The molecule has 2 aromatic carbocycles. The van der Waals surface area contributed by atoms with Crippen LogP contribution in [0.1, 0.15) is 30.5 Å². The van der Waals surface area contributed by atoms with Crippen LogP contribution in [0.2, 0.25) is 0 Å². The Morgan fingerprint density at radius 3 is 2.67 bits per heavy atom. The van der Waals surface area contributed by atoms with Crippen molar-refractivity contribution in [2.75, 3.05) is 56.2 Å². The van der Waals surface area contributed by atoms with Crippen molar-refractivity contribution in [2.24, 2.45) is 0 Å². The van der Waals surface area contributed by atoms with E-state index in [1.54, 1.807) is 4.90 Å². The quantitative estimate of drug-likeness (QED) is 0.374. The molecule has 0 spiro atoms. The Morgan fingerprint density at radius 2 is 1.93 bits per heavy atom. The average molecular weight is 604 g/mol. The number of ether oxygens (including phenoxy) is 1. The monoisotopic (exact) mass is 603 g/mol. The molecule has 3 aliphatic rings. The van der Waals surface area contributed by atoms with Crippen LogP contribution in [0.15, 0.2) is 49.1 Å². The average Bonchev–Trinajstić information content (AvgIpc) is 3.43. The maximum atomic E-state index is 14.6. The molecule has 0 bridgehead atoms. The minimum absolute atomic E-state index is 0. The number of hydrogen-bond acceptors (Lipinski definition) is 8. The largest absolute Gasteiger partial charge is 0.462 e. The summed E-state index contributed by atoms with van der Waals surface area (Å²) in [5.74, 6) is 0.420. The highest BCUT2D eigenvalue weighted by Crippen LogP contribution is 2.35. The van der Waals surface area contributed by atoms with Gasteiger partial charge in [-0.2, -0.15) is 28.7 Å². The molecular formula is C32H38FN7O2S. The second-order valence-corrected chi connectivity index (χ2v) is 11.3. The highest BCUT2D eigenvalue weighted by Gasteiger charge is 2.33. The second kappa shape index (κ2) is 13.2. The lowest BCUT2D eigenvalue weighted by Gasteiger charge is -2.42. The summed E-state index contributed by atoms with van der Waals surface area (Å²) in [6.45, 7) is 8.03. The lowest BCUT2D eigenvalue weighted by Crippen LogP contribution is -2.55. The molecule has 1 aromatic heterocycles. The topological polar surface area (TPSA) is 88.8 Å². The number of fused-ring (bicyclic) bond motifs is 2. The Labute approximate surface area is 259 Å². The summed E-state index contributed by atoms with van der Waals surface area (Å²) < 4.78 is 20.8. The number of carbonyl (C=O) groups excluding carboxylic acids is 1. The number of hydrogen-bond donors (Lipinski definition) is 0. The van der Waals surface area contributed by atoms with Crippen molar-refractivity contribution in [1.29, 1.82) is 5.26 Å². The van der Waals surface area contributed by atoms with E-state index in [0.29, 0.717) is 56.6 Å². The fourth-order valence-electron chi connectivity index (χ4n) is 6.54. The third-order valence-electron chi connectivity index (χ3n) is 8.85. The van der Waals surface area contributed by atoms with Gasteiger partial charge in [-0.1, -0.05) is 30.8 Å². The van der Waals surface area contributed by atoms with E-state index in [-0.39, 0.29) is 37.7 Å². The molecule has 0 N–H and O–H groups in total. The molecule has 2 fully saturated rings. The van der Waals surface area contributed by atoms with E-state index < -0.39 is 0 Å². The molecule has 11 heteroatoms. The number of aromatic nitrogens is 2. The number of rotatable bonds is 7. The molecule has 0 radical (unpaired) electrons. The van der Waals surface area contributed by atoms with Crippen molar-refractivity contribution >= 4 is 41.7 Å². The summed E-state index contributed by atoms with van der Waals surface area (Å²) in [7, 11) is 2.12. The second-order valence-electron chi connectivity index (χ2n) is 11.3. The molecule has 4 heterocycles. The van der Waals surface area contributed by atoms with Crippen LogP contribution in [0.25, 0.3) is 10.8 Å². The summed E-state index contributed by atoms with van der Waals surface area (Å²) >= 11 is 0. The molecular weight excluding hydrogens is 565 g/mol. The fraction of sp³-hybridized carbons (Fsp3) is 0.438. The van der Waals surface area contributed by atoms with Gasteiger partial charge in [-0.15, -0.1) is 0 Å². The number of anilines is 2. The van der Waals surface area contributed by atoms with Gasteiger partial charge in [0.15, 0.2) is 0 Å². The van der Waals surface area contributed by atoms with E-state index >= 15 is 0 Å². The Morgan fingerprint density at radius 1 is 1.12 bits per heavy atom. The molecule has 43 heavy (non-hydrogen) atoms. The Balaban J connectivity index is 0.00000368. The number of nitrogens with zero attached hydrogens (tertiary/aromatic N) is 7. The van der Waals surface area contributed by atoms with Crippen molar-refractivity contribution < 1.29 is 13.9 Å². The van der Waals surface area contributed by atoms with Crippen LogP contribution in [-0.2, 0) is 17.8 Å². The Bertz CT molecular complexity index is 1550. The van der Waals surface area contributed by atoms with E-state index in [1.807, 2.05) is 30.3 Å². The van der Waals surface area contributed by atoms with Crippen LogP contribution in [0, 0.1) is 17.1 Å². The summed E-state index contributed by atoms with van der Waals surface area (Å²) in [6, 6.07) is 13.6. The maximum absolute atomic E-state index is 14.6. The van der Waals surface area contributed by atoms with Crippen LogP contribution < -0.4 is 14.5 Å². The summed E-state index contributed by atoms with van der Waals surface area (Å²) in [5, 5.41) is 11.0. The van der Waals surface area contributed by atoms with Gasteiger partial charge in [-0.25, -0.2) is 4.39 Å². The SMILES string of the molecule is C=CC(=O)N1CCN(c2nc(OC[C@@H]3CCCN3C)nc3c2CCN(c2ccc(F)c4ccccc24)C3)CC1CC#N.S. The summed E-state index contributed by atoms with van der Waals surface area (Å²) in [6.07, 6.45) is 4.47. The number of piperazine rings is 1. The van der Waals surface area contributed by atoms with Crippen LogP contribution in [0.5, 0.6) is 6.01 Å². The minimum atomic E-state index is -0.262. The van der Waals surface area contributed by atoms with E-state index in [0.717, 1.165) is 54.1 Å².